The average Bonchev–Trinajstić information content (AvgIpc) is 3.26. The van der Waals surface area contributed by atoms with E-state index in [2.05, 4.69) is 27.2 Å². The maximum absolute atomic E-state index is 14.3. The van der Waals surface area contributed by atoms with Crippen molar-refractivity contribution in [3.8, 4) is 12.3 Å². The van der Waals surface area contributed by atoms with Gasteiger partial charge in [0.1, 0.15) is 21.9 Å². The zero-order valence-electron chi connectivity index (χ0n) is 28.5. The molecule has 2 aliphatic carbocycles. The lowest BCUT2D eigenvalue weighted by molar-refractivity contribution is -0.145. The Hall–Kier alpha value is -3.14. The minimum atomic E-state index is -3.40. The van der Waals surface area contributed by atoms with Crippen molar-refractivity contribution in [1.82, 2.24) is 26.2 Å². The second-order valence-corrected chi connectivity index (χ2v) is 17.3. The summed E-state index contributed by atoms with van der Waals surface area (Å²) in [5.74, 6) is -0.470. The number of carbonyl (C=O) groups is 5. The molecule has 5 atom stereocenters. The van der Waals surface area contributed by atoms with Gasteiger partial charge >= 0.3 is 6.03 Å². The Kier molecular flexibility index (Phi) is 11.6. The van der Waals surface area contributed by atoms with E-state index in [9.17, 15) is 32.4 Å². The van der Waals surface area contributed by atoms with Gasteiger partial charge in [0.15, 0.2) is 0 Å². The van der Waals surface area contributed by atoms with Crippen LogP contribution in [0.4, 0.5) is 4.79 Å². The van der Waals surface area contributed by atoms with Crippen molar-refractivity contribution in [2.45, 2.75) is 117 Å². The molecule has 1 aliphatic heterocycles. The maximum atomic E-state index is 14.3. The monoisotopic (exact) mass is 663 g/mol. The van der Waals surface area contributed by atoms with Gasteiger partial charge in [0, 0.05) is 25.8 Å². The Bertz CT molecular complexity index is 1340. The fraction of sp³-hybridized carbons (Fsp3) is 0.788. The third-order valence-corrected chi connectivity index (χ3v) is 10.9. The number of carbonyl (C=O) groups excluding carboxylic acids is 5. The van der Waals surface area contributed by atoms with Gasteiger partial charge in [0.2, 0.25) is 17.6 Å². The number of nitrogens with one attached hydrogen (secondary N) is 4. The number of hydrogen-bond donors (Lipinski definition) is 4. The van der Waals surface area contributed by atoms with E-state index < -0.39 is 68.5 Å². The number of sulfone groups is 1. The smallest absolute Gasteiger partial charge is 0.315 e. The van der Waals surface area contributed by atoms with E-state index in [1.165, 1.54) is 4.90 Å². The fourth-order valence-electron chi connectivity index (χ4n) is 7.31. The standard InChI is InChI=1S/C33H53N5O7S/c1-9-11-15-22(25(39)28(41)34-18-10-2)35-27(40)24-23-21(32(23,6)7)19-38(24)29(42)26(31(3,4)5)36-30(43)37-33(20-46(8,44)45)16-13-12-14-17-33/h1,21-24,26H,10-20H2,2-8H3,(H,34,41)(H,35,40)(H2,36,37,43)/t21-,22?,23-,24-,26+/m0/s1. The summed E-state index contributed by atoms with van der Waals surface area (Å²) in [6.07, 6.45) is 11.0. The quantitative estimate of drug-likeness (QED) is 0.172. The average molecular weight is 664 g/mol. The van der Waals surface area contributed by atoms with Crippen LogP contribution in [0.5, 0.6) is 0 Å². The van der Waals surface area contributed by atoms with Crippen LogP contribution in [0.2, 0.25) is 0 Å². The summed E-state index contributed by atoms with van der Waals surface area (Å²) >= 11 is 0. The lowest BCUT2D eigenvalue weighted by atomic mass is 9.83. The first-order chi connectivity index (χ1) is 21.3. The molecule has 3 fully saturated rings. The Balaban J connectivity index is 1.84. The summed E-state index contributed by atoms with van der Waals surface area (Å²) in [5, 5.41) is 11.0. The summed E-state index contributed by atoms with van der Waals surface area (Å²) < 4.78 is 24.5. The van der Waals surface area contributed by atoms with Crippen molar-refractivity contribution in [1.29, 1.82) is 0 Å². The molecule has 3 aliphatic rings. The molecule has 1 heterocycles. The zero-order valence-corrected chi connectivity index (χ0v) is 29.3. The molecule has 1 saturated heterocycles. The summed E-state index contributed by atoms with van der Waals surface area (Å²) in [5.41, 5.74) is -1.92. The van der Waals surface area contributed by atoms with Gasteiger partial charge in [0.25, 0.3) is 5.91 Å². The van der Waals surface area contributed by atoms with Gasteiger partial charge in [-0.15, -0.1) is 12.3 Å². The molecule has 0 bridgehead atoms. The third kappa shape index (κ3) is 8.81. The van der Waals surface area contributed by atoms with E-state index in [1.54, 1.807) is 0 Å². The number of urea groups is 1. The molecule has 1 unspecified atom stereocenters. The normalized spacial score (nSPS) is 24.4. The van der Waals surface area contributed by atoms with Crippen LogP contribution in [-0.4, -0.2) is 91.6 Å². The zero-order chi connectivity index (χ0) is 34.7. The molecular formula is C33H53N5O7S. The molecule has 0 radical (unpaired) electrons. The SMILES string of the molecule is C#CCCC(NC(=O)[C@@H]1[C@@H]2[C@H](CN1C(=O)[C@@H](NC(=O)NC1(CS(C)(=O)=O)CCCCC1)C(C)(C)C)C2(C)C)C(=O)C(=O)NCCC. The number of terminal acetylenes is 1. The molecule has 4 N–H and O–H groups in total. The first-order valence-electron chi connectivity index (χ1n) is 16.4. The summed E-state index contributed by atoms with van der Waals surface area (Å²) in [7, 11) is -3.40. The van der Waals surface area contributed by atoms with Gasteiger partial charge in [-0.05, 0) is 48.3 Å². The second kappa shape index (κ2) is 14.3. The van der Waals surface area contributed by atoms with Crippen molar-refractivity contribution in [3.63, 3.8) is 0 Å². The lowest BCUT2D eigenvalue weighted by Gasteiger charge is -2.40. The summed E-state index contributed by atoms with van der Waals surface area (Å²) in [4.78, 5) is 68.7. The van der Waals surface area contributed by atoms with E-state index in [-0.39, 0.29) is 35.8 Å². The van der Waals surface area contributed by atoms with Crippen LogP contribution in [0.1, 0.15) is 92.9 Å². The summed E-state index contributed by atoms with van der Waals surface area (Å²) in [6, 6.07) is -3.75. The largest absolute Gasteiger partial charge is 0.349 e. The number of hydrogen-bond acceptors (Lipinski definition) is 7. The Morgan fingerprint density at radius 2 is 1.67 bits per heavy atom. The van der Waals surface area contributed by atoms with Crippen LogP contribution in [0.25, 0.3) is 0 Å². The highest BCUT2D eigenvalue weighted by Crippen LogP contribution is 2.65. The number of ketones is 1. The van der Waals surface area contributed by atoms with Gasteiger partial charge in [-0.25, -0.2) is 13.2 Å². The maximum Gasteiger partial charge on any atom is 0.315 e. The van der Waals surface area contributed by atoms with Crippen molar-refractivity contribution in [2.24, 2.45) is 22.7 Å². The molecule has 0 aromatic carbocycles. The number of nitrogens with zero attached hydrogens (tertiary/aromatic N) is 1. The minimum absolute atomic E-state index is 0.0367. The highest BCUT2D eigenvalue weighted by atomic mass is 32.2. The molecule has 13 heteroatoms. The van der Waals surface area contributed by atoms with E-state index in [1.807, 2.05) is 41.5 Å². The summed E-state index contributed by atoms with van der Waals surface area (Å²) in [6.45, 7) is 11.9. The van der Waals surface area contributed by atoms with Gasteiger partial charge in [-0.1, -0.05) is 60.8 Å². The first-order valence-corrected chi connectivity index (χ1v) is 18.5. The molecule has 0 spiro atoms. The molecule has 5 amide bonds. The van der Waals surface area contributed by atoms with Crippen LogP contribution >= 0.6 is 0 Å². The third-order valence-electron chi connectivity index (χ3n) is 9.85. The molecule has 3 rings (SSSR count). The van der Waals surface area contributed by atoms with Crippen LogP contribution in [0.15, 0.2) is 0 Å². The van der Waals surface area contributed by atoms with Crippen LogP contribution < -0.4 is 21.3 Å². The second-order valence-electron chi connectivity index (χ2n) is 15.1. The molecule has 0 aromatic rings. The van der Waals surface area contributed by atoms with Gasteiger partial charge in [-0.3, -0.25) is 19.2 Å². The number of likely N-dealkylation sites (tertiary alicyclic amines) is 1. The van der Waals surface area contributed by atoms with Crippen LogP contribution in [0, 0.1) is 35.0 Å². The Labute approximate surface area is 274 Å². The van der Waals surface area contributed by atoms with Gasteiger partial charge in [0.05, 0.1) is 17.3 Å². The van der Waals surface area contributed by atoms with Gasteiger partial charge in [-0.2, -0.15) is 0 Å². The predicted molar refractivity (Wildman–Crippen MR) is 175 cm³/mol. The first kappa shape index (κ1) is 37.3. The van der Waals surface area contributed by atoms with Crippen molar-refractivity contribution < 1.29 is 32.4 Å². The van der Waals surface area contributed by atoms with E-state index in [0.717, 1.165) is 25.5 Å². The number of fused-ring (bicyclic) bond motifs is 1. The van der Waals surface area contributed by atoms with Crippen LogP contribution in [-0.2, 0) is 29.0 Å². The molecule has 2 saturated carbocycles. The van der Waals surface area contributed by atoms with E-state index in [0.29, 0.717) is 32.4 Å². The molecule has 0 aromatic heterocycles. The van der Waals surface area contributed by atoms with E-state index >= 15 is 0 Å². The topological polar surface area (TPSA) is 171 Å². The lowest BCUT2D eigenvalue weighted by Crippen LogP contribution is -2.63. The Morgan fingerprint density at radius 1 is 1.04 bits per heavy atom. The molecule has 12 nitrogen and oxygen atoms in total. The fourth-order valence-corrected chi connectivity index (χ4v) is 8.67. The van der Waals surface area contributed by atoms with E-state index in [4.69, 9.17) is 6.42 Å². The predicted octanol–water partition coefficient (Wildman–Crippen LogP) is 1.92. The number of rotatable bonds is 13. The molecule has 258 valence electrons. The van der Waals surface area contributed by atoms with Gasteiger partial charge < -0.3 is 26.2 Å². The van der Waals surface area contributed by atoms with Crippen LogP contribution in [0.3, 0.4) is 0 Å². The van der Waals surface area contributed by atoms with Crippen molar-refractivity contribution in [3.05, 3.63) is 0 Å². The molecule has 46 heavy (non-hydrogen) atoms. The Morgan fingerprint density at radius 3 is 2.22 bits per heavy atom. The number of amides is 5. The van der Waals surface area contributed by atoms with Crippen molar-refractivity contribution >= 4 is 39.4 Å². The number of piperidine rings is 1. The molecular weight excluding hydrogens is 610 g/mol. The minimum Gasteiger partial charge on any atom is -0.349 e. The number of Topliss-reactive ketones (excluding diaryl/α,β-unsaturated/α-hetero) is 1. The van der Waals surface area contributed by atoms with Crippen molar-refractivity contribution in [2.75, 3.05) is 25.1 Å². The highest BCUT2D eigenvalue weighted by Gasteiger charge is 2.70. The highest BCUT2D eigenvalue weighted by molar-refractivity contribution is 7.90.